The molecule has 0 bridgehead atoms. The van der Waals surface area contributed by atoms with Gasteiger partial charge in [0.05, 0.1) is 5.56 Å². The van der Waals surface area contributed by atoms with E-state index < -0.39 is 23.2 Å². The first-order valence-electron chi connectivity index (χ1n) is 13.3. The van der Waals surface area contributed by atoms with E-state index >= 15 is 0 Å². The Hall–Kier alpha value is -2.31. The number of hydrogen-bond acceptors (Lipinski definition) is 2. The number of hydrogen-bond donors (Lipinski definition) is 2. The summed E-state index contributed by atoms with van der Waals surface area (Å²) in [6.45, 7) is 13.6. The van der Waals surface area contributed by atoms with Crippen LogP contribution in [0.1, 0.15) is 70.4 Å². The molecule has 202 valence electrons. The molecule has 2 N–H and O–H groups in total. The normalized spacial score (nSPS) is 37.3. The Morgan fingerprint density at radius 3 is 2.43 bits per heavy atom. The summed E-state index contributed by atoms with van der Waals surface area (Å²) >= 11 is 0. The predicted octanol–water partition coefficient (Wildman–Crippen LogP) is 8.64. The second kappa shape index (κ2) is 8.60. The Balaban J connectivity index is 1.40. The summed E-state index contributed by atoms with van der Waals surface area (Å²) in [4.78, 5) is 0. The molecule has 0 amide bonds. The number of allylic oxidation sites excluding steroid dienone is 2. The van der Waals surface area contributed by atoms with Crippen molar-refractivity contribution in [2.24, 2.45) is 34.5 Å². The lowest BCUT2D eigenvalue weighted by atomic mass is 9.48. The molecule has 4 aliphatic rings. The van der Waals surface area contributed by atoms with Crippen molar-refractivity contribution >= 4 is 5.69 Å². The van der Waals surface area contributed by atoms with Gasteiger partial charge in [-0.3, -0.25) is 0 Å². The van der Waals surface area contributed by atoms with Crippen molar-refractivity contribution in [2.45, 2.75) is 77.4 Å². The van der Waals surface area contributed by atoms with E-state index in [4.69, 9.17) is 0 Å². The molecule has 1 aliphatic heterocycles. The van der Waals surface area contributed by atoms with Crippen LogP contribution in [0.15, 0.2) is 54.9 Å². The highest BCUT2D eigenvalue weighted by atomic mass is 19.4. The topological polar surface area (TPSA) is 24.1 Å². The predicted molar refractivity (Wildman–Crippen MR) is 137 cm³/mol. The first kappa shape index (κ1) is 26.3. The molecule has 5 rings (SSSR count). The zero-order valence-electron chi connectivity index (χ0n) is 21.8. The van der Waals surface area contributed by atoms with Crippen LogP contribution in [0.5, 0.6) is 0 Å². The third kappa shape index (κ3) is 4.30. The van der Waals surface area contributed by atoms with Gasteiger partial charge >= 0.3 is 6.18 Å². The van der Waals surface area contributed by atoms with Crippen LogP contribution in [0.2, 0.25) is 0 Å². The average molecular weight is 521 g/mol. The van der Waals surface area contributed by atoms with Gasteiger partial charge in [0.1, 0.15) is 0 Å². The van der Waals surface area contributed by atoms with Gasteiger partial charge in [-0.15, -0.1) is 0 Å². The van der Waals surface area contributed by atoms with Crippen LogP contribution in [0.25, 0.3) is 0 Å². The van der Waals surface area contributed by atoms with Gasteiger partial charge in [0.25, 0.3) is 5.92 Å². The Kier molecular flexibility index (Phi) is 6.12. The third-order valence-corrected chi connectivity index (χ3v) is 10.3. The fourth-order valence-electron chi connectivity index (χ4n) is 8.45. The number of alkyl halides is 5. The van der Waals surface area contributed by atoms with Crippen molar-refractivity contribution < 1.29 is 22.0 Å². The second-order valence-electron chi connectivity index (χ2n) is 12.3. The number of fused-ring (bicyclic) bond motifs is 5. The average Bonchev–Trinajstić information content (AvgIpc) is 3.15. The molecule has 0 radical (unpaired) electrons. The van der Waals surface area contributed by atoms with Crippen LogP contribution in [-0.2, 0) is 12.1 Å². The van der Waals surface area contributed by atoms with Crippen LogP contribution in [0.3, 0.4) is 0 Å². The quantitative estimate of drug-likeness (QED) is 0.388. The van der Waals surface area contributed by atoms with Crippen molar-refractivity contribution in [3.63, 3.8) is 0 Å². The van der Waals surface area contributed by atoms with E-state index in [-0.39, 0.29) is 22.4 Å². The van der Waals surface area contributed by atoms with Gasteiger partial charge in [-0.2, -0.15) is 13.2 Å². The van der Waals surface area contributed by atoms with E-state index in [1.807, 2.05) is 0 Å². The van der Waals surface area contributed by atoms with Crippen LogP contribution >= 0.6 is 0 Å². The Labute approximate surface area is 216 Å². The fourth-order valence-corrected chi connectivity index (χ4v) is 8.45. The molecule has 1 heterocycles. The summed E-state index contributed by atoms with van der Waals surface area (Å²) in [7, 11) is 0. The standard InChI is InChI=1S/C30H37F5N2/c1-17-12-14-28(4)23-13-15-27(3)21(9-10-22(27)20(23)7-11-26(28)36-17)18(2)37-25-16-19(30(33,34)35)6-8-24(25)29(5,31)32/h6,8,12,14,16,20-23,26,36-37H,1-2,7,9-11,13,15H2,3-5H3/t20?,21-,22?,23?,26?,27-,28-/m1/s1. The molecule has 7 heteroatoms. The maximum atomic E-state index is 14.3. The van der Waals surface area contributed by atoms with Crippen molar-refractivity contribution in [3.8, 4) is 0 Å². The maximum Gasteiger partial charge on any atom is 0.416 e. The molecule has 0 aromatic heterocycles. The molecule has 3 saturated carbocycles. The van der Waals surface area contributed by atoms with Gasteiger partial charge in [-0.1, -0.05) is 39.1 Å². The van der Waals surface area contributed by atoms with E-state index in [0.29, 0.717) is 36.4 Å². The molecule has 7 atom stereocenters. The SMILES string of the molecule is C=C1C=C[C@@]2(C)C(CCC3C2CC[C@@]2(C)C3CC[C@@H]2C(=C)Nc2cc(C(F)(F)F)ccc2C(C)(F)F)N1. The molecular formula is C30H37F5N2. The molecule has 4 unspecified atom stereocenters. The highest BCUT2D eigenvalue weighted by Crippen LogP contribution is 2.66. The number of nitrogens with one attached hydrogen (secondary N) is 2. The molecule has 1 aromatic carbocycles. The minimum absolute atomic E-state index is 0.0108. The molecule has 3 aliphatic carbocycles. The van der Waals surface area contributed by atoms with Crippen molar-refractivity contribution in [1.82, 2.24) is 5.32 Å². The number of rotatable bonds is 4. The van der Waals surface area contributed by atoms with Gasteiger partial charge in [0.2, 0.25) is 0 Å². The summed E-state index contributed by atoms with van der Waals surface area (Å²) in [6, 6.07) is 2.78. The maximum absolute atomic E-state index is 14.3. The highest BCUT2D eigenvalue weighted by Gasteiger charge is 2.60. The van der Waals surface area contributed by atoms with E-state index in [0.717, 1.165) is 62.4 Å². The fraction of sp³-hybridized carbons (Fsp3) is 0.600. The van der Waals surface area contributed by atoms with Gasteiger partial charge in [0.15, 0.2) is 0 Å². The summed E-state index contributed by atoms with van der Waals surface area (Å²) in [6.07, 6.45) is 5.98. The summed E-state index contributed by atoms with van der Waals surface area (Å²) < 4.78 is 68.8. The smallest absolute Gasteiger partial charge is 0.382 e. The minimum atomic E-state index is -4.62. The van der Waals surface area contributed by atoms with Crippen LogP contribution in [0, 0.1) is 34.5 Å². The first-order valence-corrected chi connectivity index (χ1v) is 13.3. The van der Waals surface area contributed by atoms with Gasteiger partial charge in [-0.05, 0) is 79.9 Å². The zero-order chi connectivity index (χ0) is 27.0. The lowest BCUT2D eigenvalue weighted by Crippen LogP contribution is -2.57. The Bertz CT molecular complexity index is 1130. The van der Waals surface area contributed by atoms with Crippen molar-refractivity contribution in [3.05, 3.63) is 66.0 Å². The van der Waals surface area contributed by atoms with Crippen LogP contribution < -0.4 is 10.6 Å². The van der Waals surface area contributed by atoms with Crippen LogP contribution in [0.4, 0.5) is 27.6 Å². The first-order chi connectivity index (χ1) is 17.1. The van der Waals surface area contributed by atoms with E-state index in [2.05, 4.69) is 49.8 Å². The van der Waals surface area contributed by atoms with Gasteiger partial charge < -0.3 is 10.6 Å². The Morgan fingerprint density at radius 1 is 1.03 bits per heavy atom. The van der Waals surface area contributed by atoms with Crippen LogP contribution in [-0.4, -0.2) is 6.04 Å². The molecule has 2 nitrogen and oxygen atoms in total. The van der Waals surface area contributed by atoms with E-state index in [1.165, 1.54) is 0 Å². The summed E-state index contributed by atoms with van der Waals surface area (Å²) in [5.74, 6) is -1.69. The lowest BCUT2D eigenvalue weighted by Gasteiger charge is -2.59. The second-order valence-corrected chi connectivity index (χ2v) is 12.3. The third-order valence-electron chi connectivity index (χ3n) is 10.3. The lowest BCUT2D eigenvalue weighted by molar-refractivity contribution is -0.137. The molecule has 0 spiro atoms. The molecule has 37 heavy (non-hydrogen) atoms. The largest absolute Gasteiger partial charge is 0.416 e. The summed E-state index contributed by atoms with van der Waals surface area (Å²) in [5, 5.41) is 6.56. The molecule has 0 saturated heterocycles. The summed E-state index contributed by atoms with van der Waals surface area (Å²) in [5.41, 5.74) is -0.0956. The Morgan fingerprint density at radius 2 is 1.76 bits per heavy atom. The van der Waals surface area contributed by atoms with Crippen molar-refractivity contribution in [1.29, 1.82) is 0 Å². The monoisotopic (exact) mass is 520 g/mol. The molecular weight excluding hydrogens is 483 g/mol. The number of anilines is 1. The van der Waals surface area contributed by atoms with E-state index in [9.17, 15) is 22.0 Å². The highest BCUT2D eigenvalue weighted by molar-refractivity contribution is 5.59. The molecule has 1 aromatic rings. The van der Waals surface area contributed by atoms with Gasteiger partial charge in [-0.25, -0.2) is 8.78 Å². The minimum Gasteiger partial charge on any atom is -0.382 e. The van der Waals surface area contributed by atoms with Gasteiger partial charge in [0, 0.05) is 46.9 Å². The zero-order valence-corrected chi connectivity index (χ0v) is 21.8. The van der Waals surface area contributed by atoms with Crippen molar-refractivity contribution in [2.75, 3.05) is 5.32 Å². The van der Waals surface area contributed by atoms with E-state index in [1.54, 1.807) is 0 Å². The number of benzene rings is 1. The molecule has 3 fully saturated rings. The number of halogens is 5.